The number of aliphatic hydroxyl groups is 1. The minimum atomic E-state index is -0.335. The minimum absolute atomic E-state index is 0.335. The smallest absolute Gasteiger partial charge is 0.0942 e. The summed E-state index contributed by atoms with van der Waals surface area (Å²) in [6.07, 6.45) is 6.19. The van der Waals surface area contributed by atoms with Crippen molar-refractivity contribution in [3.8, 4) is 0 Å². The summed E-state index contributed by atoms with van der Waals surface area (Å²) >= 11 is 1.31. The molecule has 0 amide bonds. The lowest BCUT2D eigenvalue weighted by molar-refractivity contribution is 0.0740. The highest BCUT2D eigenvalue weighted by Crippen LogP contribution is 2.37. The SMILES string of the molecule is CC1CCCC(C(O)c2cnns2)C1. The van der Waals surface area contributed by atoms with Crippen LogP contribution in [0.25, 0.3) is 0 Å². The Kier molecular flexibility index (Phi) is 3.13. The maximum atomic E-state index is 10.1. The van der Waals surface area contributed by atoms with Crippen molar-refractivity contribution in [3.05, 3.63) is 11.1 Å². The number of rotatable bonds is 2. The predicted octanol–water partition coefficient (Wildman–Crippen LogP) is 2.40. The highest BCUT2D eigenvalue weighted by Gasteiger charge is 2.27. The van der Waals surface area contributed by atoms with Crippen LogP contribution in [0.5, 0.6) is 0 Å². The zero-order valence-corrected chi connectivity index (χ0v) is 9.20. The van der Waals surface area contributed by atoms with Crippen molar-refractivity contribution in [2.75, 3.05) is 0 Å². The van der Waals surface area contributed by atoms with E-state index in [0.717, 1.165) is 23.6 Å². The van der Waals surface area contributed by atoms with Gasteiger partial charge in [-0.15, -0.1) is 5.10 Å². The molecule has 1 aromatic rings. The molecule has 1 aliphatic rings. The van der Waals surface area contributed by atoms with Crippen LogP contribution in [0.1, 0.15) is 43.6 Å². The standard InChI is InChI=1S/C10H16N2OS/c1-7-3-2-4-8(5-7)10(13)9-6-11-12-14-9/h6-8,10,13H,2-5H2,1H3. The van der Waals surface area contributed by atoms with Gasteiger partial charge in [0, 0.05) is 0 Å². The Hall–Kier alpha value is -0.480. The first-order valence-electron chi connectivity index (χ1n) is 5.22. The molecule has 4 heteroatoms. The van der Waals surface area contributed by atoms with Crippen molar-refractivity contribution in [1.29, 1.82) is 0 Å². The number of aliphatic hydroxyl groups excluding tert-OH is 1. The second-order valence-corrected chi connectivity index (χ2v) is 5.11. The number of hydrogen-bond donors (Lipinski definition) is 1. The third-order valence-corrected chi connectivity index (χ3v) is 3.83. The van der Waals surface area contributed by atoms with Gasteiger partial charge in [0.05, 0.1) is 17.2 Å². The Labute approximate surface area is 88.3 Å². The number of hydrogen-bond acceptors (Lipinski definition) is 4. The Morgan fingerprint density at radius 2 is 2.43 bits per heavy atom. The lowest BCUT2D eigenvalue weighted by Crippen LogP contribution is -2.19. The van der Waals surface area contributed by atoms with Crippen LogP contribution in [-0.4, -0.2) is 14.7 Å². The molecule has 1 saturated carbocycles. The Balaban J connectivity index is 2.00. The lowest BCUT2D eigenvalue weighted by atomic mass is 9.79. The largest absolute Gasteiger partial charge is 0.387 e. The monoisotopic (exact) mass is 212 g/mol. The molecule has 0 spiro atoms. The van der Waals surface area contributed by atoms with E-state index in [-0.39, 0.29) is 6.10 Å². The molecule has 1 N–H and O–H groups in total. The summed E-state index contributed by atoms with van der Waals surface area (Å²) in [5.74, 6) is 1.17. The maximum Gasteiger partial charge on any atom is 0.0942 e. The fraction of sp³-hybridized carbons (Fsp3) is 0.800. The molecule has 0 saturated heterocycles. The fourth-order valence-electron chi connectivity index (χ4n) is 2.31. The van der Waals surface area contributed by atoms with Crippen LogP contribution in [0.3, 0.4) is 0 Å². The fourth-order valence-corrected chi connectivity index (χ4v) is 2.89. The van der Waals surface area contributed by atoms with E-state index in [4.69, 9.17) is 0 Å². The summed E-state index contributed by atoms with van der Waals surface area (Å²) in [5.41, 5.74) is 0. The molecule has 1 aliphatic carbocycles. The van der Waals surface area contributed by atoms with Crippen LogP contribution in [-0.2, 0) is 0 Å². The van der Waals surface area contributed by atoms with E-state index in [1.54, 1.807) is 6.20 Å². The van der Waals surface area contributed by atoms with Gasteiger partial charge in [-0.3, -0.25) is 0 Å². The normalized spacial score (nSPS) is 30.1. The van der Waals surface area contributed by atoms with Gasteiger partial charge in [0.2, 0.25) is 0 Å². The lowest BCUT2D eigenvalue weighted by Gasteiger charge is -2.29. The van der Waals surface area contributed by atoms with E-state index in [1.165, 1.54) is 24.4 Å². The van der Waals surface area contributed by atoms with Crippen LogP contribution in [0.4, 0.5) is 0 Å². The quantitative estimate of drug-likeness (QED) is 0.818. The Bertz CT molecular complexity index is 276. The van der Waals surface area contributed by atoms with Gasteiger partial charge in [-0.25, -0.2) is 0 Å². The van der Waals surface area contributed by atoms with E-state index in [1.807, 2.05) is 0 Å². The second kappa shape index (κ2) is 4.36. The van der Waals surface area contributed by atoms with Crippen molar-refractivity contribution in [2.24, 2.45) is 11.8 Å². The average molecular weight is 212 g/mol. The number of nitrogens with zero attached hydrogens (tertiary/aromatic N) is 2. The first kappa shape index (κ1) is 10.1. The molecular formula is C10H16N2OS. The van der Waals surface area contributed by atoms with Gasteiger partial charge in [0.15, 0.2) is 0 Å². The molecule has 1 aromatic heterocycles. The Morgan fingerprint density at radius 1 is 1.57 bits per heavy atom. The van der Waals surface area contributed by atoms with Gasteiger partial charge in [-0.1, -0.05) is 24.3 Å². The van der Waals surface area contributed by atoms with Crippen molar-refractivity contribution < 1.29 is 5.11 Å². The van der Waals surface area contributed by atoms with E-state index in [0.29, 0.717) is 5.92 Å². The molecular weight excluding hydrogens is 196 g/mol. The molecule has 3 nitrogen and oxygen atoms in total. The Morgan fingerprint density at radius 3 is 3.07 bits per heavy atom. The van der Waals surface area contributed by atoms with Crippen LogP contribution in [0, 0.1) is 11.8 Å². The minimum Gasteiger partial charge on any atom is -0.387 e. The van der Waals surface area contributed by atoms with Crippen molar-refractivity contribution >= 4 is 11.5 Å². The molecule has 0 aromatic carbocycles. The van der Waals surface area contributed by atoms with Gasteiger partial charge in [-0.05, 0) is 36.2 Å². The summed E-state index contributed by atoms with van der Waals surface area (Å²) in [5, 5.41) is 13.8. The molecule has 1 fully saturated rings. The molecule has 3 atom stereocenters. The van der Waals surface area contributed by atoms with Crippen molar-refractivity contribution in [1.82, 2.24) is 9.59 Å². The molecule has 2 rings (SSSR count). The summed E-state index contributed by atoms with van der Waals surface area (Å²) < 4.78 is 3.79. The van der Waals surface area contributed by atoms with E-state index >= 15 is 0 Å². The summed E-state index contributed by atoms with van der Waals surface area (Å²) in [6, 6.07) is 0. The average Bonchev–Trinajstić information content (AvgIpc) is 2.69. The molecule has 0 bridgehead atoms. The van der Waals surface area contributed by atoms with Gasteiger partial charge < -0.3 is 5.11 Å². The third kappa shape index (κ3) is 2.12. The van der Waals surface area contributed by atoms with Crippen molar-refractivity contribution in [3.63, 3.8) is 0 Å². The second-order valence-electron chi connectivity index (χ2n) is 4.30. The molecule has 78 valence electrons. The van der Waals surface area contributed by atoms with Crippen LogP contribution < -0.4 is 0 Å². The zero-order chi connectivity index (χ0) is 9.97. The molecule has 0 radical (unpaired) electrons. The van der Waals surface area contributed by atoms with Gasteiger partial charge in [0.1, 0.15) is 0 Å². The number of aromatic nitrogens is 2. The summed E-state index contributed by atoms with van der Waals surface area (Å²) in [6.45, 7) is 2.27. The third-order valence-electron chi connectivity index (χ3n) is 3.09. The van der Waals surface area contributed by atoms with Crippen LogP contribution in [0.2, 0.25) is 0 Å². The van der Waals surface area contributed by atoms with E-state index in [9.17, 15) is 5.11 Å². The van der Waals surface area contributed by atoms with E-state index in [2.05, 4.69) is 16.5 Å². The zero-order valence-electron chi connectivity index (χ0n) is 8.39. The van der Waals surface area contributed by atoms with Crippen molar-refractivity contribution in [2.45, 2.75) is 38.7 Å². The summed E-state index contributed by atoms with van der Waals surface area (Å²) in [4.78, 5) is 0.920. The molecule has 1 heterocycles. The van der Waals surface area contributed by atoms with Gasteiger partial charge in [0.25, 0.3) is 0 Å². The molecule has 3 unspecified atom stereocenters. The van der Waals surface area contributed by atoms with Crippen LogP contribution in [0.15, 0.2) is 6.20 Å². The van der Waals surface area contributed by atoms with E-state index < -0.39 is 0 Å². The summed E-state index contributed by atoms with van der Waals surface area (Å²) in [7, 11) is 0. The first-order chi connectivity index (χ1) is 6.77. The molecule has 14 heavy (non-hydrogen) atoms. The van der Waals surface area contributed by atoms with Gasteiger partial charge >= 0.3 is 0 Å². The predicted molar refractivity (Wildman–Crippen MR) is 56.0 cm³/mol. The maximum absolute atomic E-state index is 10.1. The molecule has 0 aliphatic heterocycles. The highest BCUT2D eigenvalue weighted by atomic mass is 32.1. The van der Waals surface area contributed by atoms with Crippen LogP contribution >= 0.6 is 11.5 Å². The van der Waals surface area contributed by atoms with Gasteiger partial charge in [-0.2, -0.15) is 0 Å². The topological polar surface area (TPSA) is 46.0 Å². The first-order valence-corrected chi connectivity index (χ1v) is 6.00. The highest BCUT2D eigenvalue weighted by molar-refractivity contribution is 7.05.